The molecule has 3 aliphatic rings. The smallest absolute Gasteiger partial charge is 0.270 e. The lowest BCUT2D eigenvalue weighted by molar-refractivity contribution is -0.384. The Bertz CT molecular complexity index is 877. The predicted octanol–water partition coefficient (Wildman–Crippen LogP) is 0.275. The molecule has 1 N–H and O–H groups in total. The number of rotatable bonds is 3. The van der Waals surface area contributed by atoms with Crippen molar-refractivity contribution in [2.75, 3.05) is 0 Å². The van der Waals surface area contributed by atoms with Gasteiger partial charge in [-0.25, -0.2) is 0 Å². The number of imide groups is 1. The van der Waals surface area contributed by atoms with Crippen molar-refractivity contribution < 1.29 is 19.3 Å². The number of nitro groups is 1. The number of benzene rings is 1. The van der Waals surface area contributed by atoms with Crippen LogP contribution in [0.4, 0.5) is 5.69 Å². The minimum absolute atomic E-state index is 0.107. The number of hydrogen-bond donors (Lipinski definition) is 1. The molecule has 0 saturated carbocycles. The van der Waals surface area contributed by atoms with Gasteiger partial charge >= 0.3 is 0 Å². The van der Waals surface area contributed by atoms with Crippen LogP contribution >= 0.6 is 0 Å². The van der Waals surface area contributed by atoms with Crippen molar-refractivity contribution in [2.45, 2.75) is 12.1 Å². The van der Waals surface area contributed by atoms with Crippen molar-refractivity contribution in [3.63, 3.8) is 0 Å². The van der Waals surface area contributed by atoms with Crippen LogP contribution in [0.5, 0.6) is 0 Å². The van der Waals surface area contributed by atoms with Gasteiger partial charge in [0.15, 0.2) is 5.78 Å². The molecular weight excluding hydrogens is 328 g/mol. The number of non-ortho nitro benzene ring substituents is 1. The third-order valence-electron chi connectivity index (χ3n) is 4.74. The number of nitrogens with one attached hydrogen (secondary N) is 1. The van der Waals surface area contributed by atoms with Crippen LogP contribution in [-0.2, 0) is 9.59 Å². The molecule has 3 aliphatic heterocycles. The van der Waals surface area contributed by atoms with Gasteiger partial charge in [-0.15, -0.1) is 0 Å². The highest BCUT2D eigenvalue weighted by Crippen LogP contribution is 2.42. The van der Waals surface area contributed by atoms with Crippen LogP contribution in [0.25, 0.3) is 0 Å². The summed E-state index contributed by atoms with van der Waals surface area (Å²) < 4.78 is 0. The number of hydrogen-bond acceptors (Lipinski definition) is 7. The predicted molar refractivity (Wildman–Crippen MR) is 84.6 cm³/mol. The number of nitrogens with zero attached hydrogens (tertiary/aromatic N) is 3. The minimum Gasteiger partial charge on any atom is -0.296 e. The van der Waals surface area contributed by atoms with E-state index in [1.165, 1.54) is 35.5 Å². The number of fused-ring (bicyclic) bond motifs is 3. The molecule has 0 radical (unpaired) electrons. The Morgan fingerprint density at radius 2 is 2.00 bits per heavy atom. The van der Waals surface area contributed by atoms with E-state index >= 15 is 0 Å². The van der Waals surface area contributed by atoms with E-state index in [9.17, 15) is 24.5 Å². The molecule has 0 aromatic heterocycles. The second kappa shape index (κ2) is 5.33. The second-order valence-corrected chi connectivity index (χ2v) is 6.04. The Labute approximate surface area is 141 Å². The van der Waals surface area contributed by atoms with Crippen LogP contribution in [-0.4, -0.2) is 45.8 Å². The maximum Gasteiger partial charge on any atom is 0.270 e. The van der Waals surface area contributed by atoms with Gasteiger partial charge in [0, 0.05) is 23.9 Å². The van der Waals surface area contributed by atoms with E-state index in [1.807, 2.05) is 0 Å². The second-order valence-electron chi connectivity index (χ2n) is 6.04. The fraction of sp³-hybridized carbons (Fsp3) is 0.250. The highest BCUT2D eigenvalue weighted by molar-refractivity contribution is 6.12. The summed E-state index contributed by atoms with van der Waals surface area (Å²) in [5.74, 6) is -2.99. The van der Waals surface area contributed by atoms with Crippen LogP contribution in [0.15, 0.2) is 41.5 Å². The van der Waals surface area contributed by atoms with Crippen molar-refractivity contribution in [2.24, 2.45) is 16.9 Å². The van der Waals surface area contributed by atoms with Crippen molar-refractivity contribution in [1.29, 1.82) is 0 Å². The number of ketones is 1. The molecule has 25 heavy (non-hydrogen) atoms. The first-order valence-corrected chi connectivity index (χ1v) is 7.61. The van der Waals surface area contributed by atoms with E-state index in [2.05, 4.69) is 10.4 Å². The molecule has 4 rings (SSSR count). The zero-order chi connectivity index (χ0) is 17.7. The molecule has 4 atom stereocenters. The number of carbonyl (C=O) groups excluding carboxylic acids is 3. The normalized spacial score (nSPS) is 29.4. The third kappa shape index (κ3) is 2.16. The van der Waals surface area contributed by atoms with Gasteiger partial charge in [0.25, 0.3) is 5.69 Å². The van der Waals surface area contributed by atoms with Crippen LogP contribution in [0.2, 0.25) is 0 Å². The van der Waals surface area contributed by atoms with Crippen LogP contribution in [0.3, 0.4) is 0 Å². The van der Waals surface area contributed by atoms with E-state index in [0.717, 1.165) is 0 Å². The molecule has 4 unspecified atom stereocenters. The standard InChI is InChI=1S/C16H12N4O5/c21-14(8-3-1-4-9(7-8)20(24)25)13-12-11(15(22)18-16(12)23)10-5-2-6-17-19(10)13/h1-7,10-13H,(H,18,22,23). The molecule has 0 aliphatic carbocycles. The molecule has 1 aromatic rings. The molecular formula is C16H12N4O5. The summed E-state index contributed by atoms with van der Waals surface area (Å²) in [5.41, 5.74) is -0.110. The lowest BCUT2D eigenvalue weighted by Crippen LogP contribution is -2.44. The number of hydrazone groups is 1. The largest absolute Gasteiger partial charge is 0.296 e. The van der Waals surface area contributed by atoms with Gasteiger partial charge in [0.05, 0.1) is 22.8 Å². The Balaban J connectivity index is 1.76. The Morgan fingerprint density at radius 1 is 1.24 bits per heavy atom. The lowest BCUT2D eigenvalue weighted by atomic mass is 9.86. The average molecular weight is 340 g/mol. The number of nitro benzene ring substituents is 1. The molecule has 1 aromatic carbocycles. The SMILES string of the molecule is O=C1NC(=O)C2C1C1C=CC=NN1C2C(=O)c1cccc([N+](=O)[O-])c1. The Morgan fingerprint density at radius 3 is 2.76 bits per heavy atom. The van der Waals surface area contributed by atoms with Gasteiger partial charge in [-0.1, -0.05) is 18.2 Å². The number of amides is 2. The van der Waals surface area contributed by atoms with Gasteiger partial charge in [-0.05, 0) is 6.08 Å². The van der Waals surface area contributed by atoms with Gasteiger partial charge < -0.3 is 0 Å². The summed E-state index contributed by atoms with van der Waals surface area (Å²) in [6.07, 6.45) is 4.87. The first-order chi connectivity index (χ1) is 12.0. The third-order valence-corrected chi connectivity index (χ3v) is 4.74. The minimum atomic E-state index is -0.982. The van der Waals surface area contributed by atoms with E-state index < -0.39 is 46.4 Å². The number of Topliss-reactive ketones (excluding diaryl/α,β-unsaturated/α-hetero) is 1. The molecule has 126 valence electrons. The van der Waals surface area contributed by atoms with Crippen molar-refractivity contribution in [1.82, 2.24) is 10.3 Å². The Hall–Kier alpha value is -3.36. The first kappa shape index (κ1) is 15.2. The summed E-state index contributed by atoms with van der Waals surface area (Å²) in [4.78, 5) is 47.7. The highest BCUT2D eigenvalue weighted by atomic mass is 16.6. The highest BCUT2D eigenvalue weighted by Gasteiger charge is 2.61. The molecule has 2 fully saturated rings. The summed E-state index contributed by atoms with van der Waals surface area (Å²) in [6.45, 7) is 0. The van der Waals surface area contributed by atoms with Gasteiger partial charge in [-0.2, -0.15) is 5.10 Å². The molecule has 3 heterocycles. The maximum atomic E-state index is 13.0. The molecule has 9 nitrogen and oxygen atoms in total. The molecule has 0 bridgehead atoms. The van der Waals surface area contributed by atoms with E-state index in [-0.39, 0.29) is 11.3 Å². The Kier molecular flexibility index (Phi) is 3.24. The van der Waals surface area contributed by atoms with E-state index in [4.69, 9.17) is 0 Å². The summed E-state index contributed by atoms with van der Waals surface area (Å²) in [5, 5.41) is 18.8. The lowest BCUT2D eigenvalue weighted by Gasteiger charge is -2.28. The first-order valence-electron chi connectivity index (χ1n) is 7.61. The topological polar surface area (TPSA) is 122 Å². The van der Waals surface area contributed by atoms with Crippen molar-refractivity contribution >= 4 is 29.5 Å². The van der Waals surface area contributed by atoms with Crippen LogP contribution < -0.4 is 5.32 Å². The van der Waals surface area contributed by atoms with Crippen LogP contribution in [0, 0.1) is 22.0 Å². The fourth-order valence-electron chi connectivity index (χ4n) is 3.70. The molecule has 2 saturated heterocycles. The zero-order valence-corrected chi connectivity index (χ0v) is 12.7. The van der Waals surface area contributed by atoms with Gasteiger partial charge in [0.2, 0.25) is 11.8 Å². The van der Waals surface area contributed by atoms with E-state index in [1.54, 1.807) is 12.2 Å². The van der Waals surface area contributed by atoms with Gasteiger partial charge in [-0.3, -0.25) is 34.8 Å². The summed E-state index contributed by atoms with van der Waals surface area (Å²) in [6, 6.07) is 3.84. The summed E-state index contributed by atoms with van der Waals surface area (Å²) >= 11 is 0. The monoisotopic (exact) mass is 340 g/mol. The van der Waals surface area contributed by atoms with Crippen LogP contribution in [0.1, 0.15) is 10.4 Å². The number of allylic oxidation sites excluding steroid dienone is 1. The number of carbonyl (C=O) groups is 3. The zero-order valence-electron chi connectivity index (χ0n) is 12.7. The molecule has 0 spiro atoms. The molecule has 2 amide bonds. The van der Waals surface area contributed by atoms with Crippen molar-refractivity contribution in [3.8, 4) is 0 Å². The van der Waals surface area contributed by atoms with Crippen molar-refractivity contribution in [3.05, 3.63) is 52.1 Å². The molecule has 9 heteroatoms. The summed E-state index contributed by atoms with van der Waals surface area (Å²) in [7, 11) is 0. The maximum absolute atomic E-state index is 13.0. The average Bonchev–Trinajstić information content (AvgIpc) is 3.10. The quantitative estimate of drug-likeness (QED) is 0.365. The van der Waals surface area contributed by atoms with E-state index in [0.29, 0.717) is 0 Å². The van der Waals surface area contributed by atoms with Gasteiger partial charge in [0.1, 0.15) is 6.04 Å². The fourth-order valence-corrected chi connectivity index (χ4v) is 3.70.